The lowest BCUT2D eigenvalue weighted by Gasteiger charge is -2.26. The summed E-state index contributed by atoms with van der Waals surface area (Å²) in [4.78, 5) is 2.38. The first-order valence-corrected chi connectivity index (χ1v) is 7.01. The number of ether oxygens (including phenoxy) is 1. The fourth-order valence-corrected chi connectivity index (χ4v) is 2.32. The minimum Gasteiger partial charge on any atom is -0.508 e. The third-order valence-corrected chi connectivity index (χ3v) is 3.44. The Balaban J connectivity index is 1.72. The van der Waals surface area contributed by atoms with Gasteiger partial charge in [-0.05, 0) is 37.2 Å². The number of morpholine rings is 1. The van der Waals surface area contributed by atoms with Gasteiger partial charge in [0.05, 0.1) is 19.3 Å². The molecule has 0 radical (unpaired) electrons. The number of benzene rings is 1. The molecule has 5 nitrogen and oxygen atoms in total. The number of nitrogens with one attached hydrogen (secondary N) is 1. The zero-order chi connectivity index (χ0) is 14.2. The molecule has 1 heterocycles. The van der Waals surface area contributed by atoms with Crippen LogP contribution in [-0.2, 0) is 4.74 Å². The number of nitrogens with zero attached hydrogens (tertiary/aromatic N) is 2. The molecule has 0 amide bonds. The highest BCUT2D eigenvalue weighted by atomic mass is 16.5. The Hall–Kier alpha value is -1.61. The van der Waals surface area contributed by atoms with Crippen molar-refractivity contribution in [3.63, 3.8) is 0 Å². The van der Waals surface area contributed by atoms with E-state index in [1.54, 1.807) is 18.2 Å². The topological polar surface area (TPSA) is 68.5 Å². The molecule has 1 aromatic carbocycles. The summed E-state index contributed by atoms with van der Waals surface area (Å²) < 4.78 is 5.31. The normalized spacial score (nSPS) is 17.6. The quantitative estimate of drug-likeness (QED) is 0.765. The number of phenols is 1. The molecule has 108 valence electrons. The number of aromatic hydroxyl groups is 1. The molecule has 2 rings (SSSR count). The molecule has 1 fully saturated rings. The van der Waals surface area contributed by atoms with Gasteiger partial charge >= 0.3 is 0 Å². The van der Waals surface area contributed by atoms with Crippen LogP contribution in [0, 0.1) is 11.3 Å². The number of phenolic OH excluding ortho intramolecular Hbond substituents is 1. The molecule has 0 aliphatic carbocycles. The number of rotatable bonds is 6. The second kappa shape index (κ2) is 7.85. The van der Waals surface area contributed by atoms with E-state index >= 15 is 0 Å². The van der Waals surface area contributed by atoms with E-state index in [0.29, 0.717) is 0 Å². The van der Waals surface area contributed by atoms with Gasteiger partial charge in [0, 0.05) is 13.1 Å². The van der Waals surface area contributed by atoms with Gasteiger partial charge in [0.2, 0.25) is 0 Å². The van der Waals surface area contributed by atoms with Crippen molar-refractivity contribution in [3.05, 3.63) is 29.8 Å². The van der Waals surface area contributed by atoms with E-state index in [4.69, 9.17) is 4.74 Å². The van der Waals surface area contributed by atoms with Crippen molar-refractivity contribution in [1.29, 1.82) is 5.26 Å². The predicted molar refractivity (Wildman–Crippen MR) is 76.3 cm³/mol. The van der Waals surface area contributed by atoms with E-state index in [1.807, 2.05) is 6.07 Å². The molecule has 0 aromatic heterocycles. The molecule has 0 saturated carbocycles. The molecule has 20 heavy (non-hydrogen) atoms. The smallest absolute Gasteiger partial charge is 0.121 e. The highest BCUT2D eigenvalue weighted by molar-refractivity contribution is 5.31. The van der Waals surface area contributed by atoms with Gasteiger partial charge in [-0.15, -0.1) is 0 Å². The highest BCUT2D eigenvalue weighted by Crippen LogP contribution is 2.17. The van der Waals surface area contributed by atoms with Crippen LogP contribution in [0.5, 0.6) is 5.75 Å². The lowest BCUT2D eigenvalue weighted by Crippen LogP contribution is -2.37. The summed E-state index contributed by atoms with van der Waals surface area (Å²) in [5.41, 5.74) is 0.805. The summed E-state index contributed by atoms with van der Waals surface area (Å²) in [7, 11) is 0. The van der Waals surface area contributed by atoms with Crippen molar-refractivity contribution in [2.24, 2.45) is 0 Å². The first kappa shape index (κ1) is 14.8. The minimum atomic E-state index is -0.369. The van der Waals surface area contributed by atoms with E-state index in [9.17, 15) is 10.4 Å². The van der Waals surface area contributed by atoms with Crippen LogP contribution in [0.3, 0.4) is 0 Å². The molecule has 1 atom stereocenters. The van der Waals surface area contributed by atoms with Crippen LogP contribution in [0.25, 0.3) is 0 Å². The van der Waals surface area contributed by atoms with Gasteiger partial charge in [-0.1, -0.05) is 12.1 Å². The monoisotopic (exact) mass is 275 g/mol. The van der Waals surface area contributed by atoms with Crippen LogP contribution in [0.15, 0.2) is 24.3 Å². The SMILES string of the molecule is N#CC(NCCCN1CCOCC1)c1cccc(O)c1. The summed E-state index contributed by atoms with van der Waals surface area (Å²) in [6.45, 7) is 5.43. The minimum absolute atomic E-state index is 0.192. The van der Waals surface area contributed by atoms with E-state index in [2.05, 4.69) is 16.3 Å². The van der Waals surface area contributed by atoms with E-state index in [-0.39, 0.29) is 11.8 Å². The third-order valence-electron chi connectivity index (χ3n) is 3.44. The predicted octanol–water partition coefficient (Wildman–Crippen LogP) is 1.27. The van der Waals surface area contributed by atoms with E-state index < -0.39 is 0 Å². The molecule has 2 N–H and O–H groups in total. The maximum Gasteiger partial charge on any atom is 0.121 e. The molecule has 1 unspecified atom stereocenters. The van der Waals surface area contributed by atoms with Crippen molar-refractivity contribution >= 4 is 0 Å². The summed E-state index contributed by atoms with van der Waals surface area (Å²) >= 11 is 0. The average Bonchev–Trinajstić information content (AvgIpc) is 2.48. The maximum absolute atomic E-state index is 9.44. The van der Waals surface area contributed by atoms with Crippen molar-refractivity contribution in [3.8, 4) is 11.8 Å². The molecule has 1 aliphatic rings. The number of hydrogen-bond acceptors (Lipinski definition) is 5. The highest BCUT2D eigenvalue weighted by Gasteiger charge is 2.12. The zero-order valence-corrected chi connectivity index (χ0v) is 11.6. The molecule has 0 spiro atoms. The van der Waals surface area contributed by atoms with Gasteiger partial charge in [0.15, 0.2) is 0 Å². The molecular formula is C15H21N3O2. The van der Waals surface area contributed by atoms with Crippen LogP contribution < -0.4 is 5.32 Å². The number of nitriles is 1. The maximum atomic E-state index is 9.44. The largest absolute Gasteiger partial charge is 0.508 e. The van der Waals surface area contributed by atoms with E-state index in [1.165, 1.54) is 0 Å². The van der Waals surface area contributed by atoms with Crippen molar-refractivity contribution in [1.82, 2.24) is 10.2 Å². The Labute approximate surface area is 119 Å². The van der Waals surface area contributed by atoms with Crippen LogP contribution >= 0.6 is 0 Å². The standard InChI is InChI=1S/C15H21N3O2/c16-12-15(13-3-1-4-14(19)11-13)17-5-2-6-18-7-9-20-10-8-18/h1,3-4,11,15,17,19H,2,5-10H2. The molecule has 5 heteroatoms. The number of hydrogen-bond donors (Lipinski definition) is 2. The van der Waals surface area contributed by atoms with Crippen LogP contribution in [-0.4, -0.2) is 49.4 Å². The molecule has 1 aromatic rings. The fourth-order valence-electron chi connectivity index (χ4n) is 2.32. The first-order valence-electron chi connectivity index (χ1n) is 7.01. The van der Waals surface area contributed by atoms with Crippen molar-refractivity contribution in [2.45, 2.75) is 12.5 Å². The van der Waals surface area contributed by atoms with Gasteiger partial charge in [0.1, 0.15) is 11.8 Å². The van der Waals surface area contributed by atoms with Crippen LogP contribution in [0.2, 0.25) is 0 Å². The van der Waals surface area contributed by atoms with Crippen LogP contribution in [0.4, 0.5) is 0 Å². The van der Waals surface area contributed by atoms with Crippen LogP contribution in [0.1, 0.15) is 18.0 Å². The summed E-state index contributed by atoms with van der Waals surface area (Å²) in [6, 6.07) is 8.70. The van der Waals surface area contributed by atoms with Gasteiger partial charge < -0.3 is 9.84 Å². The lowest BCUT2D eigenvalue weighted by atomic mass is 10.1. The Bertz CT molecular complexity index is 453. The summed E-state index contributed by atoms with van der Waals surface area (Å²) in [5.74, 6) is 0.192. The fraction of sp³-hybridized carbons (Fsp3) is 0.533. The van der Waals surface area contributed by atoms with E-state index in [0.717, 1.165) is 51.4 Å². The van der Waals surface area contributed by atoms with Crippen molar-refractivity contribution < 1.29 is 9.84 Å². The first-order chi connectivity index (χ1) is 9.79. The van der Waals surface area contributed by atoms with Gasteiger partial charge in [-0.25, -0.2) is 0 Å². The van der Waals surface area contributed by atoms with Crippen molar-refractivity contribution in [2.75, 3.05) is 39.4 Å². The molecular weight excluding hydrogens is 254 g/mol. The van der Waals surface area contributed by atoms with Gasteiger partial charge in [0.25, 0.3) is 0 Å². The second-order valence-electron chi connectivity index (χ2n) is 4.92. The van der Waals surface area contributed by atoms with Gasteiger partial charge in [-0.2, -0.15) is 5.26 Å². The lowest BCUT2D eigenvalue weighted by molar-refractivity contribution is 0.0374. The summed E-state index contributed by atoms with van der Waals surface area (Å²) in [6.07, 6.45) is 0.997. The molecule has 1 aliphatic heterocycles. The Morgan fingerprint density at radius 3 is 2.90 bits per heavy atom. The van der Waals surface area contributed by atoms with Gasteiger partial charge in [-0.3, -0.25) is 10.2 Å². The molecule has 0 bridgehead atoms. The zero-order valence-electron chi connectivity index (χ0n) is 11.6. The molecule has 1 saturated heterocycles. The summed E-state index contributed by atoms with van der Waals surface area (Å²) in [5, 5.41) is 21.9. The average molecular weight is 275 g/mol. The Morgan fingerprint density at radius 2 is 2.20 bits per heavy atom. The second-order valence-corrected chi connectivity index (χ2v) is 4.92. The Morgan fingerprint density at radius 1 is 1.40 bits per heavy atom. The Kier molecular flexibility index (Phi) is 5.81. The third kappa shape index (κ3) is 4.49.